The van der Waals surface area contributed by atoms with Gasteiger partial charge in [-0.15, -0.1) is 11.3 Å². The number of aromatic nitrogens is 1. The highest BCUT2D eigenvalue weighted by Gasteiger charge is 2.11. The Morgan fingerprint density at radius 1 is 1.33 bits per heavy atom. The molecule has 2 aromatic heterocycles. The average molecular weight is 298 g/mol. The fourth-order valence-electron chi connectivity index (χ4n) is 2.20. The number of hydrogen-bond acceptors (Lipinski definition) is 4. The van der Waals surface area contributed by atoms with E-state index in [0.29, 0.717) is 23.3 Å². The van der Waals surface area contributed by atoms with Gasteiger partial charge in [0.15, 0.2) is 0 Å². The summed E-state index contributed by atoms with van der Waals surface area (Å²) in [7, 11) is 0. The lowest BCUT2D eigenvalue weighted by Gasteiger charge is -2.09. The van der Waals surface area contributed by atoms with Crippen molar-refractivity contribution in [2.24, 2.45) is 0 Å². The Kier molecular flexibility index (Phi) is 3.58. The average Bonchev–Trinajstić information content (AvgIpc) is 2.89. The lowest BCUT2D eigenvalue weighted by Crippen LogP contribution is -2.05. The molecule has 3 rings (SSSR count). The molecule has 0 radical (unpaired) electrons. The van der Waals surface area contributed by atoms with Crippen LogP contribution in [0.2, 0.25) is 0 Å². The first-order chi connectivity index (χ1) is 10.1. The molecule has 4 nitrogen and oxygen atoms in total. The summed E-state index contributed by atoms with van der Waals surface area (Å²) in [6.45, 7) is 2.71. The Balaban J connectivity index is 1.95. The van der Waals surface area contributed by atoms with Crippen molar-refractivity contribution in [3.05, 3.63) is 57.8 Å². The fraction of sp³-hybridized carbons (Fsp3) is 0.125. The molecule has 0 spiro atoms. The van der Waals surface area contributed by atoms with Gasteiger partial charge in [-0.1, -0.05) is 18.2 Å². The third-order valence-corrected chi connectivity index (χ3v) is 4.37. The first-order valence-electron chi connectivity index (χ1n) is 6.55. The molecule has 0 saturated carbocycles. The minimum atomic E-state index is -0.941. The summed E-state index contributed by atoms with van der Waals surface area (Å²) in [4.78, 5) is 17.1. The van der Waals surface area contributed by atoms with Gasteiger partial charge in [0.2, 0.25) is 0 Å². The lowest BCUT2D eigenvalue weighted by molar-refractivity contribution is 0.0699. The van der Waals surface area contributed by atoms with Gasteiger partial charge in [0.1, 0.15) is 5.82 Å². The number of anilines is 1. The highest BCUT2D eigenvalue weighted by molar-refractivity contribution is 7.10. The van der Waals surface area contributed by atoms with Gasteiger partial charge in [0.05, 0.1) is 17.6 Å². The van der Waals surface area contributed by atoms with Crippen molar-refractivity contribution in [3.8, 4) is 0 Å². The predicted molar refractivity (Wildman–Crippen MR) is 85.1 cm³/mol. The minimum absolute atomic E-state index is 0.269. The van der Waals surface area contributed by atoms with Crippen molar-refractivity contribution in [2.45, 2.75) is 13.5 Å². The molecule has 0 bridgehead atoms. The number of rotatable bonds is 4. The zero-order valence-electron chi connectivity index (χ0n) is 11.5. The zero-order valence-corrected chi connectivity index (χ0v) is 12.3. The smallest absolute Gasteiger partial charge is 0.336 e. The van der Waals surface area contributed by atoms with Crippen LogP contribution in [0.3, 0.4) is 0 Å². The van der Waals surface area contributed by atoms with Crippen LogP contribution in [0.15, 0.2) is 41.8 Å². The van der Waals surface area contributed by atoms with Crippen molar-refractivity contribution in [1.29, 1.82) is 0 Å². The number of para-hydroxylation sites is 1. The number of benzene rings is 1. The summed E-state index contributed by atoms with van der Waals surface area (Å²) >= 11 is 1.68. The molecule has 21 heavy (non-hydrogen) atoms. The van der Waals surface area contributed by atoms with Gasteiger partial charge in [-0.05, 0) is 36.1 Å². The van der Waals surface area contributed by atoms with E-state index in [1.807, 2.05) is 23.6 Å². The molecule has 0 aliphatic carbocycles. The Labute approximate surface area is 126 Å². The van der Waals surface area contributed by atoms with Gasteiger partial charge in [0.25, 0.3) is 0 Å². The van der Waals surface area contributed by atoms with Gasteiger partial charge in [-0.3, -0.25) is 0 Å². The number of pyridine rings is 1. The monoisotopic (exact) mass is 298 g/mol. The quantitative estimate of drug-likeness (QED) is 0.766. The van der Waals surface area contributed by atoms with Gasteiger partial charge >= 0.3 is 5.97 Å². The number of carboxylic acids is 1. The Hall–Kier alpha value is -2.40. The van der Waals surface area contributed by atoms with Crippen LogP contribution < -0.4 is 5.32 Å². The number of aryl methyl sites for hydroxylation is 1. The first kappa shape index (κ1) is 13.6. The third kappa shape index (κ3) is 2.73. The summed E-state index contributed by atoms with van der Waals surface area (Å²) in [6, 6.07) is 10.9. The molecule has 0 aliphatic heterocycles. The summed E-state index contributed by atoms with van der Waals surface area (Å²) < 4.78 is 0. The van der Waals surface area contributed by atoms with E-state index in [-0.39, 0.29) is 5.56 Å². The molecular formula is C16H14N2O2S. The topological polar surface area (TPSA) is 62.2 Å². The van der Waals surface area contributed by atoms with Crippen molar-refractivity contribution in [1.82, 2.24) is 4.98 Å². The normalized spacial score (nSPS) is 10.7. The second-order valence-corrected chi connectivity index (χ2v) is 5.76. The van der Waals surface area contributed by atoms with Crippen LogP contribution in [0.1, 0.15) is 20.8 Å². The highest BCUT2D eigenvalue weighted by atomic mass is 32.1. The maximum absolute atomic E-state index is 11.4. The van der Waals surface area contributed by atoms with Crippen LogP contribution in [-0.4, -0.2) is 16.1 Å². The van der Waals surface area contributed by atoms with E-state index in [1.165, 1.54) is 10.4 Å². The summed E-state index contributed by atoms with van der Waals surface area (Å²) in [5.41, 5.74) is 2.18. The maximum Gasteiger partial charge on any atom is 0.336 e. The molecule has 0 fully saturated rings. The number of nitrogens with zero attached hydrogens (tertiary/aromatic N) is 1. The largest absolute Gasteiger partial charge is 0.478 e. The minimum Gasteiger partial charge on any atom is -0.478 e. The van der Waals surface area contributed by atoms with Gasteiger partial charge in [-0.2, -0.15) is 0 Å². The lowest BCUT2D eigenvalue weighted by atomic mass is 10.1. The van der Waals surface area contributed by atoms with Gasteiger partial charge in [0, 0.05) is 10.3 Å². The maximum atomic E-state index is 11.4. The fourth-order valence-corrected chi connectivity index (χ4v) is 3.04. The summed E-state index contributed by atoms with van der Waals surface area (Å²) in [6.07, 6.45) is 0. The van der Waals surface area contributed by atoms with E-state index in [1.54, 1.807) is 23.5 Å². The Morgan fingerprint density at radius 3 is 2.86 bits per heavy atom. The van der Waals surface area contributed by atoms with Crippen LogP contribution in [0, 0.1) is 6.92 Å². The van der Waals surface area contributed by atoms with E-state index < -0.39 is 5.97 Å². The molecule has 106 valence electrons. The summed E-state index contributed by atoms with van der Waals surface area (Å²) in [5, 5.41) is 15.3. The third-order valence-electron chi connectivity index (χ3n) is 3.34. The van der Waals surface area contributed by atoms with Crippen molar-refractivity contribution in [2.75, 3.05) is 5.32 Å². The van der Waals surface area contributed by atoms with Gasteiger partial charge in [-0.25, -0.2) is 9.78 Å². The van der Waals surface area contributed by atoms with Crippen molar-refractivity contribution in [3.63, 3.8) is 0 Å². The van der Waals surface area contributed by atoms with Crippen LogP contribution >= 0.6 is 11.3 Å². The number of aromatic carboxylic acids is 1. The van der Waals surface area contributed by atoms with Crippen molar-refractivity contribution < 1.29 is 9.90 Å². The van der Waals surface area contributed by atoms with E-state index >= 15 is 0 Å². The molecule has 3 aromatic rings. The molecule has 0 atom stereocenters. The Bertz CT molecular complexity index is 811. The number of carbonyl (C=O) groups is 1. The molecule has 1 aromatic carbocycles. The second-order valence-electron chi connectivity index (χ2n) is 4.76. The molecule has 0 amide bonds. The first-order valence-corrected chi connectivity index (χ1v) is 7.43. The number of hydrogen-bond donors (Lipinski definition) is 2. The molecule has 0 saturated heterocycles. The standard InChI is InChI=1S/C16H14N2O2S/c1-10-6-7-21-14(10)9-17-15-8-12(16(19)20)11-4-2-3-5-13(11)18-15/h2-8H,9H2,1H3,(H,17,18)(H,19,20). The molecule has 0 unspecified atom stereocenters. The van der Waals surface area contributed by atoms with Crippen LogP contribution in [0.5, 0.6) is 0 Å². The number of fused-ring (bicyclic) bond motifs is 1. The number of nitrogens with one attached hydrogen (secondary N) is 1. The van der Waals surface area contributed by atoms with Gasteiger partial charge < -0.3 is 10.4 Å². The zero-order chi connectivity index (χ0) is 14.8. The number of thiophene rings is 1. The Morgan fingerprint density at radius 2 is 2.14 bits per heavy atom. The van der Waals surface area contributed by atoms with E-state index in [4.69, 9.17) is 0 Å². The predicted octanol–water partition coefficient (Wildman–Crippen LogP) is 3.92. The summed E-state index contributed by atoms with van der Waals surface area (Å²) in [5.74, 6) is -0.358. The van der Waals surface area contributed by atoms with E-state index in [9.17, 15) is 9.90 Å². The molecule has 0 aliphatic rings. The van der Waals surface area contributed by atoms with E-state index in [2.05, 4.69) is 23.3 Å². The van der Waals surface area contributed by atoms with Crippen molar-refractivity contribution >= 4 is 34.0 Å². The molecule has 5 heteroatoms. The SMILES string of the molecule is Cc1ccsc1CNc1cc(C(=O)O)c2ccccc2n1. The molecule has 2 heterocycles. The second kappa shape index (κ2) is 5.54. The van der Waals surface area contributed by atoms with Crippen LogP contribution in [0.4, 0.5) is 5.82 Å². The molecular weight excluding hydrogens is 284 g/mol. The number of carboxylic acid groups (broad SMARTS) is 1. The molecule has 2 N–H and O–H groups in total. The van der Waals surface area contributed by atoms with Crippen LogP contribution in [-0.2, 0) is 6.54 Å². The van der Waals surface area contributed by atoms with E-state index in [0.717, 1.165) is 0 Å². The highest BCUT2D eigenvalue weighted by Crippen LogP contribution is 2.22. The van der Waals surface area contributed by atoms with Crippen LogP contribution in [0.25, 0.3) is 10.9 Å².